The number of hydrogen-bond donors (Lipinski definition) is 1. The minimum atomic E-state index is -4.55. The van der Waals surface area contributed by atoms with Gasteiger partial charge in [-0.1, -0.05) is 6.07 Å². The Balaban J connectivity index is 1.71. The van der Waals surface area contributed by atoms with Crippen molar-refractivity contribution < 1.29 is 27.1 Å². The first kappa shape index (κ1) is 19.4. The van der Waals surface area contributed by atoms with Gasteiger partial charge in [-0.25, -0.2) is 9.07 Å². The zero-order chi connectivity index (χ0) is 20.1. The monoisotopic (exact) mass is 393 g/mol. The van der Waals surface area contributed by atoms with Crippen LogP contribution in [-0.4, -0.2) is 22.3 Å². The molecule has 0 aliphatic heterocycles. The fourth-order valence-electron chi connectivity index (χ4n) is 2.45. The zero-order valence-corrected chi connectivity index (χ0v) is 14.4. The lowest BCUT2D eigenvalue weighted by Crippen LogP contribution is -2.17. The summed E-state index contributed by atoms with van der Waals surface area (Å²) >= 11 is 0. The van der Waals surface area contributed by atoms with Gasteiger partial charge in [0, 0.05) is 18.5 Å². The van der Waals surface area contributed by atoms with E-state index in [9.17, 15) is 22.4 Å². The molecule has 0 spiro atoms. The highest BCUT2D eigenvalue weighted by molar-refractivity contribution is 5.93. The Bertz CT molecular complexity index is 956. The molecule has 0 saturated heterocycles. The molecule has 1 heterocycles. The third-order valence-corrected chi connectivity index (χ3v) is 3.74. The molecule has 5 nitrogen and oxygen atoms in total. The fourth-order valence-corrected chi connectivity index (χ4v) is 2.45. The van der Waals surface area contributed by atoms with Crippen LogP contribution in [0.4, 0.5) is 23.2 Å². The third-order valence-electron chi connectivity index (χ3n) is 3.74. The van der Waals surface area contributed by atoms with Gasteiger partial charge < -0.3 is 10.1 Å². The highest BCUT2D eigenvalue weighted by Crippen LogP contribution is 2.33. The van der Waals surface area contributed by atoms with Crippen molar-refractivity contribution >= 4 is 11.6 Å². The quantitative estimate of drug-likeness (QED) is 0.630. The Kier molecular flexibility index (Phi) is 5.62. The summed E-state index contributed by atoms with van der Waals surface area (Å²) < 4.78 is 58.8. The summed E-state index contributed by atoms with van der Waals surface area (Å²) in [6, 6.07) is 10.0. The number of rotatable bonds is 6. The van der Waals surface area contributed by atoms with Crippen LogP contribution in [0.1, 0.15) is 12.0 Å². The molecule has 1 N–H and O–H groups in total. The number of carbonyl (C=O) groups excluding carboxylic acids is 1. The van der Waals surface area contributed by atoms with Crippen molar-refractivity contribution in [2.75, 3.05) is 11.9 Å². The van der Waals surface area contributed by atoms with Crippen molar-refractivity contribution in [3.8, 4) is 11.4 Å². The predicted molar refractivity (Wildman–Crippen MR) is 93.7 cm³/mol. The molecule has 0 aliphatic rings. The summed E-state index contributed by atoms with van der Waals surface area (Å²) in [5, 5.41) is 6.44. The second-order valence-corrected chi connectivity index (χ2v) is 5.78. The largest absolute Gasteiger partial charge is 0.493 e. The van der Waals surface area contributed by atoms with E-state index in [-0.39, 0.29) is 30.2 Å². The molecule has 0 unspecified atom stereocenters. The topological polar surface area (TPSA) is 56.1 Å². The predicted octanol–water partition coefficient (Wildman–Crippen LogP) is 4.44. The molecular weight excluding hydrogens is 378 g/mol. The Morgan fingerprint density at radius 1 is 1.14 bits per heavy atom. The molecule has 1 aromatic heterocycles. The number of nitrogens with one attached hydrogen (secondary N) is 1. The van der Waals surface area contributed by atoms with Crippen LogP contribution in [0.25, 0.3) is 5.69 Å². The Hall–Kier alpha value is -3.36. The second kappa shape index (κ2) is 8.12. The first-order valence-corrected chi connectivity index (χ1v) is 8.22. The van der Waals surface area contributed by atoms with Crippen LogP contribution < -0.4 is 10.1 Å². The molecule has 3 aromatic rings. The van der Waals surface area contributed by atoms with E-state index in [1.54, 1.807) is 12.3 Å². The molecule has 9 heteroatoms. The van der Waals surface area contributed by atoms with Gasteiger partial charge in [-0.3, -0.25) is 4.79 Å². The highest BCUT2D eigenvalue weighted by Gasteiger charge is 2.31. The van der Waals surface area contributed by atoms with Crippen molar-refractivity contribution in [1.29, 1.82) is 0 Å². The van der Waals surface area contributed by atoms with Crippen LogP contribution in [0.15, 0.2) is 60.9 Å². The number of benzene rings is 2. The molecule has 28 heavy (non-hydrogen) atoms. The molecule has 3 rings (SSSR count). The maximum absolute atomic E-state index is 13.1. The van der Waals surface area contributed by atoms with E-state index in [0.29, 0.717) is 0 Å². The van der Waals surface area contributed by atoms with Gasteiger partial charge in [0.1, 0.15) is 11.6 Å². The minimum absolute atomic E-state index is 0.0331. The standard InChI is InChI=1S/C19H15F4N3O2/c20-14-3-1-4-15(12-14)28-10-7-18(27)25-16-11-13(19(21,22)23)5-6-17(16)26-9-2-8-24-26/h1-6,8-9,11-12H,7,10H2,(H,25,27). The Morgan fingerprint density at radius 3 is 2.64 bits per heavy atom. The van der Waals surface area contributed by atoms with E-state index in [1.807, 2.05) is 0 Å². The van der Waals surface area contributed by atoms with Gasteiger partial charge in [0.15, 0.2) is 0 Å². The lowest BCUT2D eigenvalue weighted by molar-refractivity contribution is -0.137. The number of aromatic nitrogens is 2. The lowest BCUT2D eigenvalue weighted by Gasteiger charge is -2.15. The summed E-state index contributed by atoms with van der Waals surface area (Å²) in [6.07, 6.45) is -1.67. The van der Waals surface area contributed by atoms with Crippen LogP contribution in [0.5, 0.6) is 5.75 Å². The number of amides is 1. The van der Waals surface area contributed by atoms with E-state index in [0.717, 1.165) is 12.1 Å². The molecule has 0 aliphatic carbocycles. The van der Waals surface area contributed by atoms with Gasteiger partial charge in [-0.2, -0.15) is 18.3 Å². The summed E-state index contributed by atoms with van der Waals surface area (Å²) in [5.74, 6) is -0.775. The van der Waals surface area contributed by atoms with Gasteiger partial charge in [-0.15, -0.1) is 0 Å². The number of ether oxygens (including phenoxy) is 1. The van der Waals surface area contributed by atoms with Crippen LogP contribution in [0, 0.1) is 5.82 Å². The molecule has 0 saturated carbocycles. The maximum atomic E-state index is 13.1. The summed E-state index contributed by atoms with van der Waals surface area (Å²) in [4.78, 5) is 12.2. The summed E-state index contributed by atoms with van der Waals surface area (Å²) in [7, 11) is 0. The molecule has 146 valence electrons. The second-order valence-electron chi connectivity index (χ2n) is 5.78. The summed E-state index contributed by atoms with van der Waals surface area (Å²) in [6.45, 7) is -0.0641. The SMILES string of the molecule is O=C(CCOc1cccc(F)c1)Nc1cc(C(F)(F)F)ccc1-n1cccn1. The smallest absolute Gasteiger partial charge is 0.416 e. The van der Waals surface area contributed by atoms with Crippen LogP contribution in [0.2, 0.25) is 0 Å². The van der Waals surface area contributed by atoms with Crippen LogP contribution >= 0.6 is 0 Å². The average molecular weight is 393 g/mol. The van der Waals surface area contributed by atoms with E-state index < -0.39 is 23.5 Å². The molecule has 0 bridgehead atoms. The number of anilines is 1. The fraction of sp³-hybridized carbons (Fsp3) is 0.158. The van der Waals surface area contributed by atoms with Crippen molar-refractivity contribution in [3.63, 3.8) is 0 Å². The highest BCUT2D eigenvalue weighted by atomic mass is 19.4. The van der Waals surface area contributed by atoms with Crippen molar-refractivity contribution in [1.82, 2.24) is 9.78 Å². The van der Waals surface area contributed by atoms with Gasteiger partial charge >= 0.3 is 6.18 Å². The van der Waals surface area contributed by atoms with Gasteiger partial charge in [0.2, 0.25) is 5.91 Å². The summed E-state index contributed by atoms with van der Waals surface area (Å²) in [5.41, 5.74) is -0.638. The molecule has 2 aromatic carbocycles. The number of alkyl halides is 3. The average Bonchev–Trinajstić information content (AvgIpc) is 3.15. The van der Waals surface area contributed by atoms with Crippen LogP contribution in [-0.2, 0) is 11.0 Å². The van der Waals surface area contributed by atoms with Crippen molar-refractivity contribution in [2.45, 2.75) is 12.6 Å². The normalized spacial score (nSPS) is 11.3. The van der Waals surface area contributed by atoms with E-state index in [1.165, 1.54) is 41.2 Å². The number of halogens is 4. The lowest BCUT2D eigenvalue weighted by atomic mass is 10.1. The van der Waals surface area contributed by atoms with Crippen LogP contribution in [0.3, 0.4) is 0 Å². The molecule has 0 radical (unpaired) electrons. The number of carbonyl (C=O) groups is 1. The third kappa shape index (κ3) is 4.87. The van der Waals surface area contributed by atoms with E-state index in [2.05, 4.69) is 10.4 Å². The molecular formula is C19H15F4N3O2. The molecule has 1 amide bonds. The van der Waals surface area contributed by atoms with Gasteiger partial charge in [0.25, 0.3) is 0 Å². The molecule has 0 atom stereocenters. The van der Waals surface area contributed by atoms with Gasteiger partial charge in [-0.05, 0) is 36.4 Å². The minimum Gasteiger partial charge on any atom is -0.493 e. The Morgan fingerprint density at radius 2 is 1.96 bits per heavy atom. The van der Waals surface area contributed by atoms with Gasteiger partial charge in [0.05, 0.1) is 30.0 Å². The zero-order valence-electron chi connectivity index (χ0n) is 14.4. The number of hydrogen-bond acceptors (Lipinski definition) is 3. The first-order valence-electron chi connectivity index (χ1n) is 8.22. The van der Waals surface area contributed by atoms with Crippen molar-refractivity contribution in [3.05, 3.63) is 72.3 Å². The van der Waals surface area contributed by atoms with Crippen molar-refractivity contribution in [2.24, 2.45) is 0 Å². The number of nitrogens with zero attached hydrogens (tertiary/aromatic N) is 2. The molecule has 0 fully saturated rings. The van der Waals surface area contributed by atoms with E-state index in [4.69, 9.17) is 4.74 Å². The first-order chi connectivity index (χ1) is 13.3. The Labute approximate surface area is 157 Å². The maximum Gasteiger partial charge on any atom is 0.416 e. The van der Waals surface area contributed by atoms with E-state index >= 15 is 0 Å².